The summed E-state index contributed by atoms with van der Waals surface area (Å²) in [6.07, 6.45) is 3.60. The molecule has 0 radical (unpaired) electrons. The Kier molecular flexibility index (Phi) is 3.76. The molecule has 0 spiro atoms. The number of methoxy groups -OCH3 is 1. The van der Waals surface area contributed by atoms with Crippen LogP contribution in [0.4, 0.5) is 5.82 Å². The zero-order chi connectivity index (χ0) is 13.1. The lowest BCUT2D eigenvalue weighted by Crippen LogP contribution is -2.32. The van der Waals surface area contributed by atoms with E-state index in [1.807, 2.05) is 4.90 Å². The number of aryl methyl sites for hydroxylation is 1. The smallest absolute Gasteiger partial charge is 0.343 e. The quantitative estimate of drug-likeness (QED) is 0.769. The van der Waals surface area contributed by atoms with Gasteiger partial charge in [-0.15, -0.1) is 0 Å². The van der Waals surface area contributed by atoms with Crippen molar-refractivity contribution in [1.82, 2.24) is 9.97 Å². The van der Waals surface area contributed by atoms with Gasteiger partial charge in [-0.1, -0.05) is 0 Å². The van der Waals surface area contributed by atoms with Gasteiger partial charge in [0.15, 0.2) is 0 Å². The van der Waals surface area contributed by atoms with E-state index in [-0.39, 0.29) is 6.61 Å². The number of hydrogen-bond donors (Lipinski definition) is 1. The third-order valence-electron chi connectivity index (χ3n) is 2.90. The van der Waals surface area contributed by atoms with Crippen LogP contribution in [0.15, 0.2) is 6.20 Å². The molecule has 98 valence electrons. The van der Waals surface area contributed by atoms with Gasteiger partial charge in [-0.25, -0.2) is 14.8 Å². The van der Waals surface area contributed by atoms with Crippen molar-refractivity contribution in [3.05, 3.63) is 17.6 Å². The first-order chi connectivity index (χ1) is 8.67. The molecule has 2 rings (SSSR count). The molecule has 0 saturated heterocycles. The molecule has 6 nitrogen and oxygen atoms in total. The molecule has 18 heavy (non-hydrogen) atoms. The summed E-state index contributed by atoms with van der Waals surface area (Å²) in [5, 5.41) is 9.13. The topological polar surface area (TPSA) is 75.5 Å². The average molecular weight is 251 g/mol. The molecule has 0 bridgehead atoms. The molecule has 0 amide bonds. The van der Waals surface area contributed by atoms with E-state index in [9.17, 15) is 4.79 Å². The second-order valence-corrected chi connectivity index (χ2v) is 4.29. The van der Waals surface area contributed by atoms with Crippen molar-refractivity contribution in [2.75, 3.05) is 25.2 Å². The highest BCUT2D eigenvalue weighted by atomic mass is 16.5. The van der Waals surface area contributed by atoms with Crippen LogP contribution in [0.2, 0.25) is 0 Å². The average Bonchev–Trinajstić information content (AvgIpc) is 3.19. The molecule has 1 saturated carbocycles. The molecule has 0 atom stereocenters. The van der Waals surface area contributed by atoms with Crippen molar-refractivity contribution in [2.45, 2.75) is 25.8 Å². The predicted molar refractivity (Wildman–Crippen MR) is 65.6 cm³/mol. The van der Waals surface area contributed by atoms with E-state index in [0.717, 1.165) is 12.8 Å². The molecule has 0 aromatic carbocycles. The van der Waals surface area contributed by atoms with E-state index >= 15 is 0 Å². The number of nitrogens with zero attached hydrogens (tertiary/aromatic N) is 3. The SMILES string of the molecule is COC(=O)c1cnc(C)nc1N(CCO)C1CC1. The number of esters is 1. The van der Waals surface area contributed by atoms with E-state index in [0.29, 0.717) is 29.8 Å². The highest BCUT2D eigenvalue weighted by molar-refractivity contribution is 5.94. The fraction of sp³-hybridized carbons (Fsp3) is 0.583. The Hall–Kier alpha value is -1.69. The summed E-state index contributed by atoms with van der Waals surface area (Å²) in [4.78, 5) is 22.0. The molecule has 1 aliphatic carbocycles. The first-order valence-corrected chi connectivity index (χ1v) is 5.96. The standard InChI is InChI=1S/C12H17N3O3/c1-8-13-7-10(12(17)18-2)11(14-8)15(5-6-16)9-3-4-9/h7,9,16H,3-6H2,1-2H3. The summed E-state index contributed by atoms with van der Waals surface area (Å²) in [7, 11) is 1.33. The number of aliphatic hydroxyl groups is 1. The zero-order valence-electron chi connectivity index (χ0n) is 10.6. The van der Waals surface area contributed by atoms with Crippen molar-refractivity contribution in [3.63, 3.8) is 0 Å². The Bertz CT molecular complexity index is 446. The first kappa shape index (κ1) is 12.8. The van der Waals surface area contributed by atoms with Gasteiger partial charge in [-0.3, -0.25) is 0 Å². The fourth-order valence-electron chi connectivity index (χ4n) is 1.89. The Morgan fingerprint density at radius 2 is 2.33 bits per heavy atom. The highest BCUT2D eigenvalue weighted by Crippen LogP contribution is 2.32. The summed E-state index contributed by atoms with van der Waals surface area (Å²) in [6.45, 7) is 2.26. The molecule has 1 aliphatic rings. The number of anilines is 1. The van der Waals surface area contributed by atoms with Crippen LogP contribution in [-0.2, 0) is 4.74 Å². The number of hydrogen-bond acceptors (Lipinski definition) is 6. The lowest BCUT2D eigenvalue weighted by Gasteiger charge is -2.24. The fourth-order valence-corrected chi connectivity index (χ4v) is 1.89. The van der Waals surface area contributed by atoms with Gasteiger partial charge >= 0.3 is 5.97 Å². The Morgan fingerprint density at radius 1 is 1.61 bits per heavy atom. The normalized spacial score (nSPS) is 14.4. The molecule has 1 fully saturated rings. The second-order valence-electron chi connectivity index (χ2n) is 4.29. The molecule has 1 aromatic heterocycles. The monoisotopic (exact) mass is 251 g/mol. The van der Waals surface area contributed by atoms with Gasteiger partial charge < -0.3 is 14.7 Å². The van der Waals surface area contributed by atoms with Crippen molar-refractivity contribution in [1.29, 1.82) is 0 Å². The van der Waals surface area contributed by atoms with Crippen molar-refractivity contribution in [3.8, 4) is 0 Å². The van der Waals surface area contributed by atoms with E-state index < -0.39 is 5.97 Å². The van der Waals surface area contributed by atoms with Crippen LogP contribution < -0.4 is 4.90 Å². The number of carbonyl (C=O) groups excluding carboxylic acids is 1. The summed E-state index contributed by atoms with van der Waals surface area (Å²) >= 11 is 0. The number of aliphatic hydroxyl groups excluding tert-OH is 1. The van der Waals surface area contributed by atoms with Crippen LogP contribution in [0.3, 0.4) is 0 Å². The Labute approximate surface area is 106 Å². The summed E-state index contributed by atoms with van der Waals surface area (Å²) in [5.41, 5.74) is 0.350. The molecule has 0 aliphatic heterocycles. The molecule has 0 unspecified atom stereocenters. The van der Waals surface area contributed by atoms with Gasteiger partial charge in [0, 0.05) is 18.8 Å². The summed E-state index contributed by atoms with van der Waals surface area (Å²) in [5.74, 6) is 0.709. The maximum atomic E-state index is 11.7. The maximum Gasteiger partial charge on any atom is 0.343 e. The van der Waals surface area contributed by atoms with Crippen molar-refractivity contribution in [2.24, 2.45) is 0 Å². The van der Waals surface area contributed by atoms with Gasteiger partial charge in [0.25, 0.3) is 0 Å². The minimum atomic E-state index is -0.450. The minimum Gasteiger partial charge on any atom is -0.465 e. The Morgan fingerprint density at radius 3 is 2.89 bits per heavy atom. The van der Waals surface area contributed by atoms with Gasteiger partial charge in [0.05, 0.1) is 13.7 Å². The molecular weight excluding hydrogens is 234 g/mol. The van der Waals surface area contributed by atoms with Crippen LogP contribution >= 0.6 is 0 Å². The number of ether oxygens (including phenoxy) is 1. The van der Waals surface area contributed by atoms with Gasteiger partial charge in [-0.2, -0.15) is 0 Å². The van der Waals surface area contributed by atoms with Crippen LogP contribution in [0.5, 0.6) is 0 Å². The van der Waals surface area contributed by atoms with Crippen molar-refractivity contribution >= 4 is 11.8 Å². The number of carbonyl (C=O) groups is 1. The van der Waals surface area contributed by atoms with Crippen LogP contribution in [0, 0.1) is 6.92 Å². The lowest BCUT2D eigenvalue weighted by molar-refractivity contribution is 0.0600. The van der Waals surface area contributed by atoms with E-state index in [4.69, 9.17) is 9.84 Å². The minimum absolute atomic E-state index is 0.0279. The maximum absolute atomic E-state index is 11.7. The molecular formula is C12H17N3O3. The highest BCUT2D eigenvalue weighted by Gasteiger charge is 2.32. The molecule has 1 N–H and O–H groups in total. The van der Waals surface area contributed by atoms with Crippen LogP contribution in [-0.4, -0.2) is 47.3 Å². The van der Waals surface area contributed by atoms with Crippen LogP contribution in [0.1, 0.15) is 29.0 Å². The molecule has 6 heteroatoms. The lowest BCUT2D eigenvalue weighted by atomic mass is 10.2. The second kappa shape index (κ2) is 5.30. The van der Waals surface area contributed by atoms with Gasteiger partial charge in [0.2, 0.25) is 0 Å². The van der Waals surface area contributed by atoms with Crippen LogP contribution in [0.25, 0.3) is 0 Å². The molecule has 1 aromatic rings. The van der Waals surface area contributed by atoms with Gasteiger partial charge in [-0.05, 0) is 19.8 Å². The van der Waals surface area contributed by atoms with E-state index in [1.165, 1.54) is 13.3 Å². The first-order valence-electron chi connectivity index (χ1n) is 5.96. The third kappa shape index (κ3) is 2.59. The Balaban J connectivity index is 2.38. The van der Waals surface area contributed by atoms with E-state index in [2.05, 4.69) is 9.97 Å². The molecule has 1 heterocycles. The predicted octanol–water partition coefficient (Wildman–Crippen LogP) is 0.533. The largest absolute Gasteiger partial charge is 0.465 e. The number of aromatic nitrogens is 2. The summed E-state index contributed by atoms with van der Waals surface area (Å²) in [6, 6.07) is 0.356. The van der Waals surface area contributed by atoms with E-state index in [1.54, 1.807) is 6.92 Å². The third-order valence-corrected chi connectivity index (χ3v) is 2.90. The van der Waals surface area contributed by atoms with Gasteiger partial charge in [0.1, 0.15) is 17.2 Å². The van der Waals surface area contributed by atoms with Crippen molar-refractivity contribution < 1.29 is 14.6 Å². The summed E-state index contributed by atoms with van der Waals surface area (Å²) < 4.78 is 4.74. The number of rotatable bonds is 5. The zero-order valence-corrected chi connectivity index (χ0v) is 10.6.